The van der Waals surface area contributed by atoms with Crippen LogP contribution in [0.2, 0.25) is 0 Å². The number of aryl methyl sites for hydroxylation is 1. The maximum Gasteiger partial charge on any atom is 0.209 e. The Kier molecular flexibility index (Phi) is 2.49. The summed E-state index contributed by atoms with van der Waals surface area (Å²) in [5, 5.41) is 0. The van der Waals surface area contributed by atoms with Crippen molar-refractivity contribution >= 4 is 11.3 Å². The molecule has 3 aromatic rings. The fraction of sp³-hybridized carbons (Fsp3) is 0.0625. The average molecular weight is 235 g/mol. The van der Waals surface area contributed by atoms with E-state index in [-0.39, 0.29) is 5.78 Å². The van der Waals surface area contributed by atoms with E-state index in [4.69, 9.17) is 0 Å². The first-order chi connectivity index (χ1) is 8.77. The van der Waals surface area contributed by atoms with Gasteiger partial charge >= 0.3 is 0 Å². The van der Waals surface area contributed by atoms with Crippen molar-refractivity contribution in [3.05, 3.63) is 77.6 Å². The van der Waals surface area contributed by atoms with Crippen molar-refractivity contribution in [1.82, 2.24) is 4.40 Å². The zero-order chi connectivity index (χ0) is 12.5. The molecule has 0 bridgehead atoms. The van der Waals surface area contributed by atoms with Gasteiger partial charge in [-0.2, -0.15) is 0 Å². The minimum absolute atomic E-state index is 0.0601. The van der Waals surface area contributed by atoms with Crippen LogP contribution in [-0.2, 0) is 0 Å². The molecule has 0 saturated heterocycles. The summed E-state index contributed by atoms with van der Waals surface area (Å²) >= 11 is 0. The number of ketones is 1. The number of carbonyl (C=O) groups is 1. The third-order valence-corrected chi connectivity index (χ3v) is 3.15. The second kappa shape index (κ2) is 4.15. The lowest BCUT2D eigenvalue weighted by Gasteiger charge is -2.02. The summed E-state index contributed by atoms with van der Waals surface area (Å²) in [6.07, 6.45) is 1.93. The quantitative estimate of drug-likeness (QED) is 0.623. The highest BCUT2D eigenvalue weighted by Crippen LogP contribution is 2.18. The summed E-state index contributed by atoms with van der Waals surface area (Å²) in [6, 6.07) is 17.3. The SMILES string of the molecule is Cc1cc(C(=O)c2ccccc2)n2ccccc12. The Balaban J connectivity index is 2.19. The van der Waals surface area contributed by atoms with Crippen LogP contribution in [0.15, 0.2) is 60.8 Å². The molecule has 2 heteroatoms. The van der Waals surface area contributed by atoms with Crippen LogP contribution in [0.25, 0.3) is 5.52 Å². The second-order valence-corrected chi connectivity index (χ2v) is 4.36. The third kappa shape index (κ3) is 1.63. The Labute approximate surface area is 105 Å². The van der Waals surface area contributed by atoms with Gasteiger partial charge in [0, 0.05) is 17.3 Å². The lowest BCUT2D eigenvalue weighted by Crippen LogP contribution is -2.04. The summed E-state index contributed by atoms with van der Waals surface area (Å²) in [6.45, 7) is 2.02. The minimum atomic E-state index is 0.0601. The number of fused-ring (bicyclic) bond motifs is 1. The standard InChI is InChI=1S/C16H13NO/c1-12-11-15(17-10-6-5-9-14(12)17)16(18)13-7-3-2-4-8-13/h2-11H,1H3. The van der Waals surface area contributed by atoms with Gasteiger partial charge in [0.2, 0.25) is 5.78 Å². The van der Waals surface area contributed by atoms with Crippen LogP contribution in [0.1, 0.15) is 21.6 Å². The zero-order valence-corrected chi connectivity index (χ0v) is 10.1. The number of aromatic nitrogens is 1. The lowest BCUT2D eigenvalue weighted by atomic mass is 10.1. The van der Waals surface area contributed by atoms with Crippen molar-refractivity contribution in [3.8, 4) is 0 Å². The largest absolute Gasteiger partial charge is 0.313 e. The summed E-state index contributed by atoms with van der Waals surface area (Å²) in [4.78, 5) is 12.5. The number of rotatable bonds is 2. The molecule has 0 atom stereocenters. The molecule has 18 heavy (non-hydrogen) atoms. The summed E-state index contributed by atoms with van der Waals surface area (Å²) < 4.78 is 1.95. The number of pyridine rings is 1. The molecule has 3 rings (SSSR count). The molecule has 2 aromatic heterocycles. The highest BCUT2D eigenvalue weighted by atomic mass is 16.1. The second-order valence-electron chi connectivity index (χ2n) is 4.36. The predicted molar refractivity (Wildman–Crippen MR) is 72.0 cm³/mol. The van der Waals surface area contributed by atoms with Gasteiger partial charge in [0.25, 0.3) is 0 Å². The van der Waals surface area contributed by atoms with E-state index in [1.54, 1.807) is 0 Å². The van der Waals surface area contributed by atoms with Crippen LogP contribution < -0.4 is 0 Å². The lowest BCUT2D eigenvalue weighted by molar-refractivity contribution is 0.103. The Morgan fingerprint density at radius 1 is 1.00 bits per heavy atom. The summed E-state index contributed by atoms with van der Waals surface area (Å²) in [5.41, 5.74) is 3.64. The van der Waals surface area contributed by atoms with Gasteiger partial charge in [-0.15, -0.1) is 0 Å². The molecule has 2 heterocycles. The Hall–Kier alpha value is -2.35. The highest BCUT2D eigenvalue weighted by molar-refractivity contribution is 6.08. The Morgan fingerprint density at radius 3 is 2.50 bits per heavy atom. The van der Waals surface area contributed by atoms with Crippen molar-refractivity contribution in [2.45, 2.75) is 6.92 Å². The predicted octanol–water partition coefficient (Wildman–Crippen LogP) is 3.48. The first kappa shape index (κ1) is 10.8. The van der Waals surface area contributed by atoms with E-state index in [1.807, 2.05) is 72.1 Å². The molecule has 2 nitrogen and oxygen atoms in total. The maximum atomic E-state index is 12.5. The number of nitrogens with zero attached hydrogens (tertiary/aromatic N) is 1. The van der Waals surface area contributed by atoms with Crippen molar-refractivity contribution < 1.29 is 4.79 Å². The van der Waals surface area contributed by atoms with Gasteiger partial charge in [0.15, 0.2) is 0 Å². The molecule has 88 valence electrons. The molecular formula is C16H13NO. The molecule has 0 fully saturated rings. The van der Waals surface area contributed by atoms with Crippen LogP contribution in [0.5, 0.6) is 0 Å². The molecule has 1 aromatic carbocycles. The highest BCUT2D eigenvalue weighted by Gasteiger charge is 2.14. The molecule has 0 aliphatic carbocycles. The van der Waals surface area contributed by atoms with E-state index < -0.39 is 0 Å². The fourth-order valence-electron chi connectivity index (χ4n) is 2.24. The van der Waals surface area contributed by atoms with Gasteiger partial charge in [-0.05, 0) is 30.7 Å². The topological polar surface area (TPSA) is 21.5 Å². The normalized spacial score (nSPS) is 10.7. The molecule has 0 unspecified atom stereocenters. The van der Waals surface area contributed by atoms with Crippen molar-refractivity contribution in [3.63, 3.8) is 0 Å². The number of hydrogen-bond acceptors (Lipinski definition) is 1. The molecule has 0 aliphatic heterocycles. The maximum absolute atomic E-state index is 12.5. The van der Waals surface area contributed by atoms with Gasteiger partial charge in [0.1, 0.15) is 0 Å². The molecule has 0 radical (unpaired) electrons. The van der Waals surface area contributed by atoms with Crippen LogP contribution >= 0.6 is 0 Å². The van der Waals surface area contributed by atoms with Crippen LogP contribution in [0.3, 0.4) is 0 Å². The first-order valence-corrected chi connectivity index (χ1v) is 5.94. The van der Waals surface area contributed by atoms with Crippen LogP contribution in [0, 0.1) is 6.92 Å². The minimum Gasteiger partial charge on any atom is -0.313 e. The van der Waals surface area contributed by atoms with E-state index in [9.17, 15) is 4.79 Å². The van der Waals surface area contributed by atoms with Crippen molar-refractivity contribution in [2.24, 2.45) is 0 Å². The number of benzene rings is 1. The van der Waals surface area contributed by atoms with Gasteiger partial charge in [-0.25, -0.2) is 0 Å². The van der Waals surface area contributed by atoms with Crippen molar-refractivity contribution in [1.29, 1.82) is 0 Å². The molecule has 0 saturated carbocycles. The Morgan fingerprint density at radius 2 is 1.72 bits per heavy atom. The van der Waals surface area contributed by atoms with Gasteiger partial charge in [-0.3, -0.25) is 4.79 Å². The molecule has 0 spiro atoms. The van der Waals surface area contributed by atoms with Crippen LogP contribution in [0.4, 0.5) is 0 Å². The van der Waals surface area contributed by atoms with E-state index in [0.29, 0.717) is 5.69 Å². The van der Waals surface area contributed by atoms with E-state index in [1.165, 1.54) is 0 Å². The molecular weight excluding hydrogens is 222 g/mol. The first-order valence-electron chi connectivity index (χ1n) is 5.94. The zero-order valence-electron chi connectivity index (χ0n) is 10.1. The van der Waals surface area contributed by atoms with Gasteiger partial charge in [-0.1, -0.05) is 36.4 Å². The molecule has 0 aliphatic rings. The van der Waals surface area contributed by atoms with E-state index in [0.717, 1.165) is 16.6 Å². The van der Waals surface area contributed by atoms with E-state index >= 15 is 0 Å². The molecule has 0 amide bonds. The van der Waals surface area contributed by atoms with Gasteiger partial charge in [0.05, 0.1) is 5.69 Å². The Bertz CT molecular complexity index is 710. The molecule has 0 N–H and O–H groups in total. The van der Waals surface area contributed by atoms with Crippen LogP contribution in [-0.4, -0.2) is 10.2 Å². The monoisotopic (exact) mass is 235 g/mol. The van der Waals surface area contributed by atoms with E-state index in [2.05, 4.69) is 0 Å². The fourth-order valence-corrected chi connectivity index (χ4v) is 2.24. The third-order valence-electron chi connectivity index (χ3n) is 3.15. The average Bonchev–Trinajstić information content (AvgIpc) is 2.77. The van der Waals surface area contributed by atoms with Gasteiger partial charge < -0.3 is 4.40 Å². The van der Waals surface area contributed by atoms with Crippen molar-refractivity contribution in [2.75, 3.05) is 0 Å². The summed E-state index contributed by atoms with van der Waals surface area (Å²) in [5.74, 6) is 0.0601. The smallest absolute Gasteiger partial charge is 0.209 e. The number of carbonyl (C=O) groups excluding carboxylic acids is 1. The summed E-state index contributed by atoms with van der Waals surface area (Å²) in [7, 11) is 0. The number of hydrogen-bond donors (Lipinski definition) is 0.